The quantitative estimate of drug-likeness (QED) is 0.463. The van der Waals surface area contributed by atoms with Crippen LogP contribution >= 0.6 is 11.6 Å². The van der Waals surface area contributed by atoms with Crippen molar-refractivity contribution in [3.63, 3.8) is 0 Å². The summed E-state index contributed by atoms with van der Waals surface area (Å²) in [6.45, 7) is 6.87. The Labute approximate surface area is 208 Å². The number of benzene rings is 1. The first kappa shape index (κ1) is 24.7. The molecule has 2 N–H and O–H groups in total. The molecule has 0 radical (unpaired) electrons. The first-order valence-corrected chi connectivity index (χ1v) is 11.4. The number of anilines is 1. The SMILES string of the molecule is C=CN1C[C@@H](c2c(F)ccc(NCc3cc(Cl)cnc3OC)c2F)N(C)C/C1=C(/C)c1ncc[nH]1. The number of rotatable bonds is 7. The largest absolute Gasteiger partial charge is 0.481 e. The molecule has 0 amide bonds. The molecule has 0 bridgehead atoms. The van der Waals surface area contributed by atoms with Crippen LogP contribution in [-0.2, 0) is 6.54 Å². The van der Waals surface area contributed by atoms with Crippen molar-refractivity contribution in [3.8, 4) is 5.88 Å². The third-order valence-electron chi connectivity index (χ3n) is 6.17. The summed E-state index contributed by atoms with van der Waals surface area (Å²) in [6.07, 6.45) is 6.59. The fourth-order valence-corrected chi connectivity index (χ4v) is 4.47. The van der Waals surface area contributed by atoms with Gasteiger partial charge in [0, 0.05) is 60.6 Å². The van der Waals surface area contributed by atoms with Gasteiger partial charge in [0.15, 0.2) is 5.82 Å². The molecule has 2 aromatic heterocycles. The molecule has 1 aromatic carbocycles. The maximum Gasteiger partial charge on any atom is 0.218 e. The molecular formula is C25H27ClF2N6O. The number of allylic oxidation sites excluding steroid dienone is 1. The van der Waals surface area contributed by atoms with Crippen LogP contribution in [0.4, 0.5) is 14.5 Å². The molecule has 1 aliphatic heterocycles. The van der Waals surface area contributed by atoms with E-state index in [1.165, 1.54) is 25.4 Å². The van der Waals surface area contributed by atoms with E-state index in [0.29, 0.717) is 29.6 Å². The first-order valence-electron chi connectivity index (χ1n) is 11.0. The third-order valence-corrected chi connectivity index (χ3v) is 6.38. The molecule has 7 nitrogen and oxygen atoms in total. The molecule has 3 heterocycles. The monoisotopic (exact) mass is 500 g/mol. The maximum absolute atomic E-state index is 15.7. The summed E-state index contributed by atoms with van der Waals surface area (Å²) >= 11 is 6.05. The van der Waals surface area contributed by atoms with Crippen molar-refractivity contribution < 1.29 is 13.5 Å². The van der Waals surface area contributed by atoms with Crippen LogP contribution in [0.25, 0.3) is 5.57 Å². The Morgan fingerprint density at radius 3 is 2.86 bits per heavy atom. The molecule has 1 saturated heterocycles. The van der Waals surface area contributed by atoms with Crippen molar-refractivity contribution >= 4 is 22.9 Å². The van der Waals surface area contributed by atoms with Gasteiger partial charge in [0.25, 0.3) is 0 Å². The van der Waals surface area contributed by atoms with Crippen molar-refractivity contribution in [3.05, 3.63) is 88.9 Å². The lowest BCUT2D eigenvalue weighted by atomic mass is 9.98. The van der Waals surface area contributed by atoms with Gasteiger partial charge in [0.05, 0.1) is 23.9 Å². The lowest BCUT2D eigenvalue weighted by molar-refractivity contribution is 0.160. The molecule has 1 atom stereocenters. The molecule has 0 saturated carbocycles. The molecule has 0 unspecified atom stereocenters. The Hall–Kier alpha value is -3.43. The van der Waals surface area contributed by atoms with Gasteiger partial charge in [-0.25, -0.2) is 18.7 Å². The van der Waals surface area contributed by atoms with Crippen molar-refractivity contribution in [1.29, 1.82) is 0 Å². The van der Waals surface area contributed by atoms with E-state index in [9.17, 15) is 0 Å². The van der Waals surface area contributed by atoms with Crippen LogP contribution in [-0.4, -0.2) is 52.0 Å². The summed E-state index contributed by atoms with van der Waals surface area (Å²) in [4.78, 5) is 15.4. The van der Waals surface area contributed by atoms with Crippen LogP contribution in [0.3, 0.4) is 0 Å². The number of pyridine rings is 1. The molecule has 184 valence electrons. The third kappa shape index (κ3) is 5.01. The zero-order valence-corrected chi connectivity index (χ0v) is 20.5. The molecular weight excluding hydrogens is 474 g/mol. The number of nitrogens with one attached hydrogen (secondary N) is 2. The summed E-state index contributed by atoms with van der Waals surface area (Å²) in [7, 11) is 3.35. The van der Waals surface area contributed by atoms with Gasteiger partial charge >= 0.3 is 0 Å². The van der Waals surface area contributed by atoms with E-state index in [2.05, 4.69) is 26.8 Å². The van der Waals surface area contributed by atoms with E-state index in [1.807, 2.05) is 23.8 Å². The number of imidazole rings is 1. The maximum atomic E-state index is 15.7. The Morgan fingerprint density at radius 2 is 2.17 bits per heavy atom. The van der Waals surface area contributed by atoms with Gasteiger partial charge in [-0.05, 0) is 38.4 Å². The van der Waals surface area contributed by atoms with Gasteiger partial charge in [-0.1, -0.05) is 18.2 Å². The van der Waals surface area contributed by atoms with E-state index in [0.717, 1.165) is 17.1 Å². The second-order valence-electron chi connectivity index (χ2n) is 8.27. The highest BCUT2D eigenvalue weighted by Crippen LogP contribution is 2.36. The first-order chi connectivity index (χ1) is 16.8. The Balaban J connectivity index is 1.62. The summed E-state index contributed by atoms with van der Waals surface area (Å²) in [6, 6.07) is 3.82. The lowest BCUT2D eigenvalue weighted by Crippen LogP contribution is -2.44. The Morgan fingerprint density at radius 1 is 1.37 bits per heavy atom. The summed E-state index contributed by atoms with van der Waals surface area (Å²) in [5.41, 5.74) is 2.73. The lowest BCUT2D eigenvalue weighted by Gasteiger charge is -2.42. The van der Waals surface area contributed by atoms with E-state index in [1.54, 1.807) is 24.7 Å². The fourth-order valence-electron chi connectivity index (χ4n) is 4.29. The highest BCUT2D eigenvalue weighted by molar-refractivity contribution is 6.30. The second-order valence-corrected chi connectivity index (χ2v) is 8.71. The van der Waals surface area contributed by atoms with Crippen molar-refractivity contribution in [2.45, 2.75) is 19.5 Å². The van der Waals surface area contributed by atoms with E-state index >= 15 is 8.78 Å². The fraction of sp³-hybridized carbons (Fsp3) is 0.280. The molecule has 35 heavy (non-hydrogen) atoms. The summed E-state index contributed by atoms with van der Waals surface area (Å²) < 4.78 is 36.0. The van der Waals surface area contributed by atoms with Crippen LogP contribution in [0.2, 0.25) is 5.02 Å². The highest BCUT2D eigenvalue weighted by atomic mass is 35.5. The van der Waals surface area contributed by atoms with E-state index in [4.69, 9.17) is 16.3 Å². The van der Waals surface area contributed by atoms with Gasteiger partial charge < -0.3 is 19.9 Å². The number of ether oxygens (including phenoxy) is 1. The van der Waals surface area contributed by atoms with Crippen LogP contribution in [0.1, 0.15) is 29.9 Å². The predicted octanol–water partition coefficient (Wildman–Crippen LogP) is 5.22. The molecule has 4 rings (SSSR count). The van der Waals surface area contributed by atoms with Gasteiger partial charge in [-0.2, -0.15) is 0 Å². The number of aromatic nitrogens is 3. The topological polar surface area (TPSA) is 69.3 Å². The average molecular weight is 501 g/mol. The molecule has 3 aromatic rings. The number of aromatic amines is 1. The zero-order chi connectivity index (χ0) is 25.1. The van der Waals surface area contributed by atoms with Crippen LogP contribution in [0, 0.1) is 11.6 Å². The normalized spacial score (nSPS) is 17.9. The van der Waals surface area contributed by atoms with Gasteiger partial charge in [0.2, 0.25) is 5.88 Å². The standard InChI is InChI=1S/C25H27ClF2N6O/c1-5-34-14-21(33(3)13-20(34)15(2)24-29-8-9-30-24)22-18(27)6-7-19(23(22)28)31-11-16-10-17(26)12-32-25(16)35-4/h5-10,12,21,31H,1,11,13-14H2,2-4H3,(H,29,30)/b20-15+/t21-/m0/s1. The minimum atomic E-state index is -0.644. The van der Waals surface area contributed by atoms with Crippen LogP contribution in [0.5, 0.6) is 5.88 Å². The number of halogens is 3. The second kappa shape index (κ2) is 10.5. The molecule has 0 spiro atoms. The molecule has 10 heteroatoms. The van der Waals surface area contributed by atoms with Crippen molar-refractivity contribution in [2.75, 3.05) is 32.6 Å². The number of H-pyrrole nitrogens is 1. The number of hydrogen-bond donors (Lipinski definition) is 2. The van der Waals surface area contributed by atoms with Gasteiger partial charge in [-0.15, -0.1) is 0 Å². The number of nitrogens with zero attached hydrogens (tertiary/aromatic N) is 4. The predicted molar refractivity (Wildman–Crippen MR) is 133 cm³/mol. The zero-order valence-electron chi connectivity index (χ0n) is 19.8. The van der Waals surface area contributed by atoms with Crippen molar-refractivity contribution in [1.82, 2.24) is 24.8 Å². The average Bonchev–Trinajstić information content (AvgIpc) is 3.39. The summed E-state index contributed by atoms with van der Waals surface area (Å²) in [5.74, 6) is -0.126. The Bertz CT molecular complexity index is 1250. The molecule has 1 fully saturated rings. The number of hydrogen-bond acceptors (Lipinski definition) is 6. The van der Waals surface area contributed by atoms with Crippen LogP contribution in [0.15, 0.2) is 55.3 Å². The van der Waals surface area contributed by atoms with Gasteiger partial charge in [-0.3, -0.25) is 4.90 Å². The number of likely N-dealkylation sites (N-methyl/N-ethyl adjacent to an activating group) is 1. The minimum Gasteiger partial charge on any atom is -0.481 e. The van der Waals surface area contributed by atoms with E-state index < -0.39 is 17.7 Å². The van der Waals surface area contributed by atoms with Crippen molar-refractivity contribution in [2.24, 2.45) is 0 Å². The Kier molecular flexibility index (Phi) is 7.37. The highest BCUT2D eigenvalue weighted by Gasteiger charge is 2.33. The van der Waals surface area contributed by atoms with E-state index in [-0.39, 0.29) is 17.8 Å². The number of piperazine rings is 1. The molecule has 0 aliphatic carbocycles. The summed E-state index contributed by atoms with van der Waals surface area (Å²) in [5, 5.41) is 3.46. The smallest absolute Gasteiger partial charge is 0.218 e. The molecule has 1 aliphatic rings. The number of methoxy groups -OCH3 is 1. The minimum absolute atomic E-state index is 0.00441. The van der Waals surface area contributed by atoms with Crippen LogP contribution < -0.4 is 10.1 Å². The van der Waals surface area contributed by atoms with Gasteiger partial charge in [0.1, 0.15) is 11.6 Å².